The highest BCUT2D eigenvalue weighted by molar-refractivity contribution is 5.96. The van der Waals surface area contributed by atoms with Crippen molar-refractivity contribution in [1.82, 2.24) is 4.90 Å². The van der Waals surface area contributed by atoms with Crippen LogP contribution in [-0.2, 0) is 4.79 Å². The Kier molecular flexibility index (Phi) is 5.91. The zero-order chi connectivity index (χ0) is 21.1. The summed E-state index contributed by atoms with van der Waals surface area (Å²) in [6, 6.07) is 20.3. The molecule has 156 valence electrons. The van der Waals surface area contributed by atoms with Crippen molar-refractivity contribution in [1.29, 1.82) is 0 Å². The van der Waals surface area contributed by atoms with Crippen LogP contribution >= 0.6 is 0 Å². The molecule has 4 rings (SSSR count). The van der Waals surface area contributed by atoms with Crippen LogP contribution in [0.15, 0.2) is 60.7 Å². The molecule has 0 aliphatic carbocycles. The molecule has 3 aromatic carbocycles. The Bertz CT molecular complexity index is 1020. The maximum absolute atomic E-state index is 12.8. The molecule has 0 radical (unpaired) electrons. The second kappa shape index (κ2) is 8.76. The third-order valence-corrected chi connectivity index (χ3v) is 5.97. The fourth-order valence-electron chi connectivity index (χ4n) is 3.86. The first-order valence-electron chi connectivity index (χ1n) is 10.5. The van der Waals surface area contributed by atoms with Gasteiger partial charge in [-0.2, -0.15) is 0 Å². The van der Waals surface area contributed by atoms with Crippen molar-refractivity contribution in [2.75, 3.05) is 50.6 Å². The highest BCUT2D eigenvalue weighted by Crippen LogP contribution is 2.26. The number of nitrogens with zero attached hydrogens (tertiary/aromatic N) is 2. The van der Waals surface area contributed by atoms with Gasteiger partial charge < -0.3 is 19.9 Å². The van der Waals surface area contributed by atoms with E-state index in [1.807, 2.05) is 49.4 Å². The van der Waals surface area contributed by atoms with E-state index in [1.54, 1.807) is 7.11 Å². The number of anilines is 2. The summed E-state index contributed by atoms with van der Waals surface area (Å²) in [6.07, 6.45) is 0. The number of carbonyl (C=O) groups is 1. The summed E-state index contributed by atoms with van der Waals surface area (Å²) < 4.78 is 5.29. The maximum Gasteiger partial charge on any atom is 0.231 e. The standard InChI is InChI=1S/C25H29N3O2/c1-18(19-4-5-21-17-24(30-3)11-6-20(21)16-19)25(29)26-22-7-9-23(10-8-22)28-14-12-27(2)13-15-28/h4-11,16-18H,12-15H2,1-3H3,(H,26,29)/t18-/m1/s1. The first kappa shape index (κ1) is 20.2. The van der Waals surface area contributed by atoms with Gasteiger partial charge >= 0.3 is 0 Å². The van der Waals surface area contributed by atoms with Crippen LogP contribution in [0.5, 0.6) is 5.75 Å². The molecule has 1 heterocycles. The molecule has 1 amide bonds. The number of fused-ring (bicyclic) bond motifs is 1. The van der Waals surface area contributed by atoms with Crippen molar-refractivity contribution in [2.45, 2.75) is 12.8 Å². The molecule has 5 heteroatoms. The lowest BCUT2D eigenvalue weighted by Crippen LogP contribution is -2.44. The number of nitrogens with one attached hydrogen (secondary N) is 1. The van der Waals surface area contributed by atoms with E-state index in [2.05, 4.69) is 40.4 Å². The van der Waals surface area contributed by atoms with E-state index in [1.165, 1.54) is 5.69 Å². The van der Waals surface area contributed by atoms with Gasteiger partial charge in [-0.3, -0.25) is 4.79 Å². The monoisotopic (exact) mass is 403 g/mol. The van der Waals surface area contributed by atoms with Crippen molar-refractivity contribution >= 4 is 28.1 Å². The average Bonchev–Trinajstić information content (AvgIpc) is 2.79. The number of carbonyl (C=O) groups excluding carboxylic acids is 1. The van der Waals surface area contributed by atoms with E-state index in [-0.39, 0.29) is 11.8 Å². The van der Waals surface area contributed by atoms with Crippen LogP contribution < -0.4 is 15.0 Å². The lowest BCUT2D eigenvalue weighted by atomic mass is 9.97. The van der Waals surface area contributed by atoms with E-state index in [0.29, 0.717) is 0 Å². The number of ether oxygens (including phenoxy) is 1. The highest BCUT2D eigenvalue weighted by Gasteiger charge is 2.17. The van der Waals surface area contributed by atoms with Crippen LogP contribution in [0.2, 0.25) is 0 Å². The Balaban J connectivity index is 1.42. The first-order chi connectivity index (χ1) is 14.5. The molecular formula is C25H29N3O2. The van der Waals surface area contributed by atoms with E-state index in [0.717, 1.165) is 54.0 Å². The maximum atomic E-state index is 12.8. The molecule has 30 heavy (non-hydrogen) atoms. The van der Waals surface area contributed by atoms with Crippen molar-refractivity contribution in [3.8, 4) is 5.75 Å². The van der Waals surface area contributed by atoms with Gasteiger partial charge in [0.25, 0.3) is 0 Å². The summed E-state index contributed by atoms with van der Waals surface area (Å²) in [4.78, 5) is 17.6. The first-order valence-corrected chi connectivity index (χ1v) is 10.5. The lowest BCUT2D eigenvalue weighted by molar-refractivity contribution is -0.117. The van der Waals surface area contributed by atoms with E-state index in [4.69, 9.17) is 4.74 Å². The molecule has 1 fully saturated rings. The van der Waals surface area contributed by atoms with Crippen LogP contribution in [0, 0.1) is 0 Å². The zero-order valence-corrected chi connectivity index (χ0v) is 17.9. The minimum Gasteiger partial charge on any atom is -0.497 e. The average molecular weight is 404 g/mol. The van der Waals surface area contributed by atoms with Gasteiger partial charge in [0.15, 0.2) is 0 Å². The molecule has 1 atom stereocenters. The van der Waals surface area contributed by atoms with Gasteiger partial charge in [-0.1, -0.05) is 24.3 Å². The molecule has 3 aromatic rings. The van der Waals surface area contributed by atoms with Crippen LogP contribution in [0.25, 0.3) is 10.8 Å². The predicted molar refractivity (Wildman–Crippen MR) is 124 cm³/mol. The zero-order valence-electron chi connectivity index (χ0n) is 17.9. The third-order valence-electron chi connectivity index (χ3n) is 5.97. The molecule has 0 spiro atoms. The number of piperazine rings is 1. The van der Waals surface area contributed by atoms with Gasteiger partial charge in [0, 0.05) is 37.6 Å². The molecule has 0 unspecified atom stereocenters. The molecule has 0 bridgehead atoms. The molecule has 1 N–H and O–H groups in total. The SMILES string of the molecule is COc1ccc2cc([C@@H](C)C(=O)Nc3ccc(N4CCN(C)CC4)cc3)ccc2c1. The Morgan fingerprint density at radius 2 is 1.60 bits per heavy atom. The largest absolute Gasteiger partial charge is 0.497 e. The summed E-state index contributed by atoms with van der Waals surface area (Å²) in [7, 11) is 3.82. The summed E-state index contributed by atoms with van der Waals surface area (Å²) >= 11 is 0. The van der Waals surface area contributed by atoms with Crippen LogP contribution in [0.4, 0.5) is 11.4 Å². The van der Waals surface area contributed by atoms with Gasteiger partial charge in [-0.05, 0) is 66.7 Å². The van der Waals surface area contributed by atoms with Gasteiger partial charge in [-0.25, -0.2) is 0 Å². The quantitative estimate of drug-likeness (QED) is 0.688. The van der Waals surface area contributed by atoms with Crippen LogP contribution in [-0.4, -0.2) is 51.1 Å². The number of rotatable bonds is 5. The summed E-state index contributed by atoms with van der Waals surface area (Å²) in [5, 5.41) is 5.26. The van der Waals surface area contributed by atoms with E-state index in [9.17, 15) is 4.79 Å². The third kappa shape index (κ3) is 4.41. The number of amides is 1. The Labute approximate surface area is 178 Å². The topological polar surface area (TPSA) is 44.8 Å². The van der Waals surface area contributed by atoms with Crippen LogP contribution in [0.1, 0.15) is 18.4 Å². The number of methoxy groups -OCH3 is 1. The summed E-state index contributed by atoms with van der Waals surface area (Å²) in [5.41, 5.74) is 3.04. The van der Waals surface area contributed by atoms with E-state index >= 15 is 0 Å². The summed E-state index contributed by atoms with van der Waals surface area (Å²) in [5.74, 6) is 0.588. The van der Waals surface area contributed by atoms with Gasteiger partial charge in [-0.15, -0.1) is 0 Å². The molecule has 1 saturated heterocycles. The number of hydrogen-bond donors (Lipinski definition) is 1. The Morgan fingerprint density at radius 3 is 2.30 bits per heavy atom. The number of hydrogen-bond acceptors (Lipinski definition) is 4. The fraction of sp³-hybridized carbons (Fsp3) is 0.320. The number of likely N-dealkylation sites (N-methyl/N-ethyl adjacent to an activating group) is 1. The normalized spacial score (nSPS) is 15.8. The highest BCUT2D eigenvalue weighted by atomic mass is 16.5. The molecule has 1 aliphatic heterocycles. The molecule has 1 aliphatic rings. The smallest absolute Gasteiger partial charge is 0.231 e. The molecule has 0 saturated carbocycles. The number of benzene rings is 3. The molecule has 5 nitrogen and oxygen atoms in total. The molecular weight excluding hydrogens is 374 g/mol. The Morgan fingerprint density at radius 1 is 0.933 bits per heavy atom. The minimum atomic E-state index is -0.242. The van der Waals surface area contributed by atoms with Gasteiger partial charge in [0.05, 0.1) is 13.0 Å². The van der Waals surface area contributed by atoms with E-state index < -0.39 is 0 Å². The van der Waals surface area contributed by atoms with Gasteiger partial charge in [0.2, 0.25) is 5.91 Å². The van der Waals surface area contributed by atoms with Crippen molar-refractivity contribution in [3.05, 3.63) is 66.2 Å². The van der Waals surface area contributed by atoms with Crippen molar-refractivity contribution in [3.63, 3.8) is 0 Å². The second-order valence-electron chi connectivity index (χ2n) is 8.02. The predicted octanol–water partition coefficient (Wildman–Crippen LogP) is 4.34. The fourth-order valence-corrected chi connectivity index (χ4v) is 3.86. The lowest BCUT2D eigenvalue weighted by Gasteiger charge is -2.34. The Hall–Kier alpha value is -3.05. The molecule has 0 aromatic heterocycles. The minimum absolute atomic E-state index is 0.00444. The van der Waals surface area contributed by atoms with Gasteiger partial charge in [0.1, 0.15) is 5.75 Å². The summed E-state index contributed by atoms with van der Waals surface area (Å²) in [6.45, 7) is 6.17. The van der Waals surface area contributed by atoms with Crippen molar-refractivity contribution < 1.29 is 9.53 Å². The van der Waals surface area contributed by atoms with Crippen LogP contribution in [0.3, 0.4) is 0 Å². The second-order valence-corrected chi connectivity index (χ2v) is 8.02. The van der Waals surface area contributed by atoms with Crippen molar-refractivity contribution in [2.24, 2.45) is 0 Å².